The number of rotatable bonds is 26. The molecular weight excluding hydrogens is 680 g/mol. The summed E-state index contributed by atoms with van der Waals surface area (Å²) in [6, 6.07) is 0. The van der Waals surface area contributed by atoms with Crippen molar-refractivity contribution in [3.05, 3.63) is 12.2 Å². The molecule has 0 aliphatic carbocycles. The predicted octanol–water partition coefficient (Wildman–Crippen LogP) is 17.8. The SMILES string of the molecule is C=C(CC(C)(C)CCC)C(O)CCC(C)(C)CC.CCCC(C)(C)CC(C)CCCC(C)(C)CC.CCCC(C)(C)CC1(C)OC1CCC(C)(C)CC.Cl. The second kappa shape index (κ2) is 26.1. The molecule has 1 aliphatic rings. The Labute approximate surface area is 349 Å². The lowest BCUT2D eigenvalue weighted by Gasteiger charge is -2.29. The van der Waals surface area contributed by atoms with Gasteiger partial charge in [0.2, 0.25) is 0 Å². The van der Waals surface area contributed by atoms with Crippen LogP contribution in [0.1, 0.15) is 260 Å². The molecule has 0 aromatic carbocycles. The number of ether oxygens (including phenoxy) is 1. The van der Waals surface area contributed by atoms with Gasteiger partial charge in [0, 0.05) is 0 Å². The van der Waals surface area contributed by atoms with E-state index < -0.39 is 0 Å². The summed E-state index contributed by atoms with van der Waals surface area (Å²) in [7, 11) is 0. The lowest BCUT2D eigenvalue weighted by atomic mass is 9.77. The number of hydrogen-bond donors (Lipinski definition) is 1. The molecule has 4 atom stereocenters. The maximum Gasteiger partial charge on any atom is 0.0925 e. The van der Waals surface area contributed by atoms with Crippen molar-refractivity contribution in [2.45, 2.75) is 278 Å². The van der Waals surface area contributed by atoms with Crippen LogP contribution in [0.15, 0.2) is 12.2 Å². The molecule has 0 aromatic rings. The third-order valence-electron chi connectivity index (χ3n) is 13.3. The summed E-state index contributed by atoms with van der Waals surface area (Å²) < 4.78 is 6.03. The normalized spacial score (nSPS) is 19.1. The third kappa shape index (κ3) is 28.4. The Kier molecular flexibility index (Phi) is 28.2. The molecule has 0 aromatic heterocycles. The highest BCUT2D eigenvalue weighted by atomic mass is 35.5. The Hall–Kier alpha value is -0.0500. The van der Waals surface area contributed by atoms with Crippen LogP contribution < -0.4 is 0 Å². The van der Waals surface area contributed by atoms with E-state index in [1.807, 2.05) is 0 Å². The van der Waals surface area contributed by atoms with E-state index in [1.54, 1.807) is 0 Å². The van der Waals surface area contributed by atoms with Crippen molar-refractivity contribution in [2.75, 3.05) is 0 Å². The Balaban J connectivity index is -0.000000716. The van der Waals surface area contributed by atoms with Gasteiger partial charge < -0.3 is 9.84 Å². The van der Waals surface area contributed by atoms with Crippen molar-refractivity contribution in [3.8, 4) is 0 Å². The van der Waals surface area contributed by atoms with Crippen molar-refractivity contribution < 1.29 is 9.84 Å². The number of epoxide rings is 1. The molecule has 0 spiro atoms. The summed E-state index contributed by atoms with van der Waals surface area (Å²) in [5.41, 5.74) is 3.80. The number of aliphatic hydroxyl groups is 1. The molecule has 1 heterocycles. The van der Waals surface area contributed by atoms with Gasteiger partial charge in [0.1, 0.15) is 0 Å². The van der Waals surface area contributed by atoms with Gasteiger partial charge in [-0.25, -0.2) is 0 Å². The van der Waals surface area contributed by atoms with Crippen LogP contribution in [0.4, 0.5) is 0 Å². The topological polar surface area (TPSA) is 32.8 Å². The zero-order chi connectivity index (χ0) is 42.0. The van der Waals surface area contributed by atoms with Crippen molar-refractivity contribution in [2.24, 2.45) is 38.4 Å². The fraction of sp³-hybridized carbons (Fsp3) is 0.961. The van der Waals surface area contributed by atoms with Gasteiger partial charge in [0.05, 0.1) is 17.8 Å². The molecule has 0 bridgehead atoms. The van der Waals surface area contributed by atoms with E-state index in [2.05, 4.69) is 145 Å². The van der Waals surface area contributed by atoms with Crippen LogP contribution in [0.3, 0.4) is 0 Å². The molecule has 54 heavy (non-hydrogen) atoms. The molecule has 2 nitrogen and oxygen atoms in total. The molecular formula is C51H105ClO2. The maximum absolute atomic E-state index is 10.2. The first-order valence-electron chi connectivity index (χ1n) is 23.0. The highest BCUT2D eigenvalue weighted by Gasteiger charge is 2.53. The third-order valence-corrected chi connectivity index (χ3v) is 13.3. The molecule has 328 valence electrons. The first-order valence-corrected chi connectivity index (χ1v) is 23.0. The Bertz CT molecular complexity index is 957. The molecule has 1 fully saturated rings. The molecule has 3 heteroatoms. The van der Waals surface area contributed by atoms with Gasteiger partial charge in [-0.3, -0.25) is 0 Å². The molecule has 4 unspecified atom stereocenters. The monoisotopic (exact) mass is 785 g/mol. The minimum absolute atomic E-state index is 0. The van der Waals surface area contributed by atoms with E-state index in [1.165, 1.54) is 96.3 Å². The van der Waals surface area contributed by atoms with Crippen LogP contribution in [0, 0.1) is 38.4 Å². The lowest BCUT2D eigenvalue weighted by molar-refractivity contribution is 0.158. The summed E-state index contributed by atoms with van der Waals surface area (Å²) in [4.78, 5) is 0. The fourth-order valence-corrected chi connectivity index (χ4v) is 8.56. The second-order valence-electron chi connectivity index (χ2n) is 23.0. The Morgan fingerprint density at radius 2 is 1.04 bits per heavy atom. The first-order chi connectivity index (χ1) is 24.0. The largest absolute Gasteiger partial charge is 0.389 e. The highest BCUT2D eigenvalue weighted by molar-refractivity contribution is 5.85. The smallest absolute Gasteiger partial charge is 0.0925 e. The lowest BCUT2D eigenvalue weighted by Crippen LogP contribution is -2.23. The zero-order valence-electron chi connectivity index (χ0n) is 41.1. The first kappa shape index (κ1) is 58.3. The van der Waals surface area contributed by atoms with Crippen LogP contribution in [-0.2, 0) is 4.74 Å². The summed E-state index contributed by atoms with van der Waals surface area (Å²) in [5.74, 6) is 0.893. The van der Waals surface area contributed by atoms with E-state index in [0.717, 1.165) is 37.2 Å². The zero-order valence-corrected chi connectivity index (χ0v) is 42.0. The van der Waals surface area contributed by atoms with E-state index >= 15 is 0 Å². The minimum Gasteiger partial charge on any atom is -0.389 e. The Morgan fingerprint density at radius 1 is 0.611 bits per heavy atom. The number of halogens is 1. The van der Waals surface area contributed by atoms with Gasteiger partial charge in [-0.1, -0.05) is 189 Å². The van der Waals surface area contributed by atoms with Gasteiger partial charge in [-0.05, 0) is 122 Å². The molecule has 1 rings (SSSR count). The van der Waals surface area contributed by atoms with Crippen molar-refractivity contribution in [1.82, 2.24) is 0 Å². The number of hydrogen-bond acceptors (Lipinski definition) is 2. The average molecular weight is 786 g/mol. The van der Waals surface area contributed by atoms with E-state index in [0.29, 0.717) is 33.2 Å². The van der Waals surface area contributed by atoms with Crippen LogP contribution in [0.5, 0.6) is 0 Å². The summed E-state index contributed by atoms with van der Waals surface area (Å²) in [6.07, 6.45) is 23.8. The van der Waals surface area contributed by atoms with Crippen molar-refractivity contribution in [3.63, 3.8) is 0 Å². The molecule has 1 N–H and O–H groups in total. The van der Waals surface area contributed by atoms with E-state index in [9.17, 15) is 5.11 Å². The van der Waals surface area contributed by atoms with Gasteiger partial charge >= 0.3 is 0 Å². The Morgan fingerprint density at radius 3 is 1.50 bits per heavy atom. The van der Waals surface area contributed by atoms with Gasteiger partial charge in [-0.2, -0.15) is 0 Å². The standard InChI is InChI=1S/2C17H34O.C17H36.ClH/c1-8-11-16(5,6)13-17(7)14(18-17)10-12-15(3,4)9-2;1-8-11-17(6,7)13-14(3)15(18)10-12-16(4,5)9-2;1-8-12-17(6,7)14-15(3)11-10-13-16(4,5)9-2;/h14H,8-13H2,1-7H3;15,18H,3,8-13H2,1-2,4-7H3;15H,8-14H2,1-7H3;1H. The highest BCUT2D eigenvalue weighted by Crippen LogP contribution is 2.49. The summed E-state index contributed by atoms with van der Waals surface area (Å²) in [5, 5.41) is 10.2. The van der Waals surface area contributed by atoms with Crippen molar-refractivity contribution in [1.29, 1.82) is 0 Å². The van der Waals surface area contributed by atoms with E-state index in [4.69, 9.17) is 4.74 Å². The molecule has 1 saturated heterocycles. The fourth-order valence-electron chi connectivity index (χ4n) is 8.56. The minimum atomic E-state index is -0.327. The molecule has 0 saturated carbocycles. The number of aliphatic hydroxyl groups excluding tert-OH is 1. The molecule has 0 radical (unpaired) electrons. The van der Waals surface area contributed by atoms with Gasteiger partial charge in [-0.15, -0.1) is 12.4 Å². The van der Waals surface area contributed by atoms with Gasteiger partial charge in [0.25, 0.3) is 0 Å². The average Bonchev–Trinajstić information content (AvgIpc) is 3.66. The van der Waals surface area contributed by atoms with Crippen LogP contribution in [-0.4, -0.2) is 22.9 Å². The van der Waals surface area contributed by atoms with Gasteiger partial charge in [0.15, 0.2) is 0 Å². The van der Waals surface area contributed by atoms with E-state index in [-0.39, 0.29) is 29.5 Å². The molecule has 0 amide bonds. The van der Waals surface area contributed by atoms with Crippen LogP contribution in [0.25, 0.3) is 0 Å². The quantitative estimate of drug-likeness (QED) is 0.0700. The maximum atomic E-state index is 10.2. The molecule has 1 aliphatic heterocycles. The second-order valence-corrected chi connectivity index (χ2v) is 23.0. The predicted molar refractivity (Wildman–Crippen MR) is 249 cm³/mol. The van der Waals surface area contributed by atoms with Crippen LogP contribution >= 0.6 is 12.4 Å². The summed E-state index contributed by atoms with van der Waals surface area (Å²) in [6.45, 7) is 50.7. The summed E-state index contributed by atoms with van der Waals surface area (Å²) >= 11 is 0. The van der Waals surface area contributed by atoms with Crippen molar-refractivity contribution >= 4 is 12.4 Å². The van der Waals surface area contributed by atoms with Crippen LogP contribution in [0.2, 0.25) is 0 Å².